The van der Waals surface area contributed by atoms with Gasteiger partial charge in [-0.3, -0.25) is 0 Å². The molecule has 3 aromatic rings. The Kier molecular flexibility index (Phi) is 9.27. The number of hydrogen-bond acceptors (Lipinski definition) is 1. The molecule has 0 saturated carbocycles. The third-order valence-electron chi connectivity index (χ3n) is 5.92. The van der Waals surface area contributed by atoms with Crippen molar-refractivity contribution >= 4 is 0 Å². The van der Waals surface area contributed by atoms with Crippen molar-refractivity contribution in [3.63, 3.8) is 0 Å². The Morgan fingerprint density at radius 1 is 0.500 bits per heavy atom. The summed E-state index contributed by atoms with van der Waals surface area (Å²) in [6, 6.07) is 25.4. The highest BCUT2D eigenvalue weighted by atomic mass is 14.2. The van der Waals surface area contributed by atoms with Crippen LogP contribution in [0.3, 0.4) is 0 Å². The van der Waals surface area contributed by atoms with Crippen molar-refractivity contribution in [1.82, 2.24) is 0 Å². The lowest BCUT2D eigenvalue weighted by Crippen LogP contribution is -1.99. The van der Waals surface area contributed by atoms with Crippen LogP contribution in [0.4, 0.5) is 0 Å². The Morgan fingerprint density at radius 3 is 1.31 bits per heavy atom. The fourth-order valence-electron chi connectivity index (χ4n) is 4.08. The Labute approximate surface area is 196 Å². The number of nitriles is 1. The van der Waals surface area contributed by atoms with Crippen molar-refractivity contribution in [2.45, 2.75) is 79.1 Å². The molecule has 1 heteroatoms. The lowest BCUT2D eigenvalue weighted by molar-refractivity contribution is 0.790. The molecule has 0 aliphatic rings. The first-order chi connectivity index (χ1) is 15.1. The van der Waals surface area contributed by atoms with Crippen molar-refractivity contribution in [3.8, 4) is 17.2 Å². The molecule has 0 spiro atoms. The van der Waals surface area contributed by atoms with E-state index in [4.69, 9.17) is 5.26 Å². The van der Waals surface area contributed by atoms with Gasteiger partial charge in [-0.15, -0.1) is 0 Å². The highest BCUT2D eigenvalue weighted by Crippen LogP contribution is 2.31. The van der Waals surface area contributed by atoms with Gasteiger partial charge < -0.3 is 0 Å². The van der Waals surface area contributed by atoms with E-state index in [0.717, 1.165) is 0 Å². The second kappa shape index (κ2) is 11.7. The number of rotatable bonds is 5. The number of nitrogens with zero attached hydrogens (tertiary/aromatic N) is 1. The van der Waals surface area contributed by atoms with Crippen molar-refractivity contribution < 1.29 is 0 Å². The van der Waals surface area contributed by atoms with Crippen molar-refractivity contribution in [3.05, 3.63) is 94.5 Å². The summed E-state index contributed by atoms with van der Waals surface area (Å²) in [5.74, 6) is 2.35. The minimum atomic E-state index is 0.519. The second-order valence-corrected chi connectivity index (χ2v) is 9.78. The van der Waals surface area contributed by atoms with E-state index in [1.54, 1.807) is 0 Å². The van der Waals surface area contributed by atoms with E-state index >= 15 is 0 Å². The molecule has 0 unspecified atom stereocenters. The molecule has 0 N–H and O–H groups in total. The smallest absolute Gasteiger partial charge is 0.0991 e. The summed E-state index contributed by atoms with van der Waals surface area (Å²) in [7, 11) is 0. The van der Waals surface area contributed by atoms with Gasteiger partial charge in [-0.1, -0.05) is 110 Å². The average Bonchev–Trinajstić information content (AvgIpc) is 2.79. The van der Waals surface area contributed by atoms with Crippen LogP contribution in [0.5, 0.6) is 0 Å². The summed E-state index contributed by atoms with van der Waals surface area (Å²) in [5.41, 5.74) is 8.93. The van der Waals surface area contributed by atoms with Crippen LogP contribution in [0.15, 0.2) is 66.7 Å². The van der Waals surface area contributed by atoms with E-state index in [0.29, 0.717) is 29.2 Å². The molecule has 32 heavy (non-hydrogen) atoms. The van der Waals surface area contributed by atoms with Gasteiger partial charge in [0.2, 0.25) is 0 Å². The summed E-state index contributed by atoms with van der Waals surface area (Å²) in [6.07, 6.45) is 0. The standard InChI is InChI=1S/C19H21N.C12H18/c1-13(2)18-10-9-17(11-19(18)14(3)4)16-7-5-15(12-20)6-8-16;1-9(2)11-7-5-6-8-12(11)10(3)4/h5-11,13-14H,1-4H3;5-10H,1-4H3. The Bertz CT molecular complexity index is 1000. The van der Waals surface area contributed by atoms with Crippen LogP contribution >= 0.6 is 0 Å². The Balaban J connectivity index is 0.000000258. The van der Waals surface area contributed by atoms with Crippen LogP contribution in [-0.2, 0) is 0 Å². The molecule has 0 atom stereocenters. The first kappa shape index (κ1) is 25.4. The first-order valence-corrected chi connectivity index (χ1v) is 11.9. The molecular weight excluding hydrogens is 386 g/mol. The maximum atomic E-state index is 8.86. The molecule has 0 saturated heterocycles. The van der Waals surface area contributed by atoms with Gasteiger partial charge in [0.25, 0.3) is 0 Å². The van der Waals surface area contributed by atoms with Gasteiger partial charge in [0.15, 0.2) is 0 Å². The molecule has 0 heterocycles. The molecule has 1 nitrogen and oxygen atoms in total. The van der Waals surface area contributed by atoms with Crippen LogP contribution in [0, 0.1) is 11.3 Å². The van der Waals surface area contributed by atoms with Gasteiger partial charge in [0.1, 0.15) is 0 Å². The molecule has 0 aromatic heterocycles. The predicted molar refractivity (Wildman–Crippen MR) is 139 cm³/mol. The van der Waals surface area contributed by atoms with Gasteiger partial charge in [-0.25, -0.2) is 0 Å². The zero-order valence-corrected chi connectivity index (χ0v) is 21.1. The highest BCUT2D eigenvalue weighted by molar-refractivity contribution is 5.66. The van der Waals surface area contributed by atoms with E-state index < -0.39 is 0 Å². The molecule has 0 bridgehead atoms. The maximum Gasteiger partial charge on any atom is 0.0991 e. The van der Waals surface area contributed by atoms with Gasteiger partial charge in [-0.2, -0.15) is 5.26 Å². The lowest BCUT2D eigenvalue weighted by atomic mass is 9.88. The SMILES string of the molecule is CC(C)c1ccc(-c2ccc(C#N)cc2)cc1C(C)C.CC(C)c1ccccc1C(C)C. The minimum absolute atomic E-state index is 0.519. The summed E-state index contributed by atoms with van der Waals surface area (Å²) >= 11 is 0. The largest absolute Gasteiger partial charge is 0.192 e. The van der Waals surface area contributed by atoms with Crippen LogP contribution in [0.1, 0.15) is 107 Å². The fourth-order valence-corrected chi connectivity index (χ4v) is 4.08. The number of hydrogen-bond donors (Lipinski definition) is 0. The molecule has 0 fully saturated rings. The molecule has 0 radical (unpaired) electrons. The zero-order valence-electron chi connectivity index (χ0n) is 21.1. The monoisotopic (exact) mass is 425 g/mol. The summed E-state index contributed by atoms with van der Waals surface area (Å²) in [4.78, 5) is 0. The maximum absolute atomic E-state index is 8.86. The average molecular weight is 426 g/mol. The van der Waals surface area contributed by atoms with Gasteiger partial charge in [0, 0.05) is 0 Å². The molecular formula is C31H39N. The van der Waals surface area contributed by atoms with Gasteiger partial charge in [0.05, 0.1) is 11.6 Å². The molecule has 0 amide bonds. The fraction of sp³-hybridized carbons (Fsp3) is 0.387. The Hall–Kier alpha value is -2.85. The summed E-state index contributed by atoms with van der Waals surface area (Å²) in [5, 5.41) is 8.86. The van der Waals surface area contributed by atoms with Crippen LogP contribution in [0.2, 0.25) is 0 Å². The third-order valence-corrected chi connectivity index (χ3v) is 5.92. The van der Waals surface area contributed by atoms with Crippen LogP contribution in [-0.4, -0.2) is 0 Å². The summed E-state index contributed by atoms with van der Waals surface area (Å²) < 4.78 is 0. The second-order valence-electron chi connectivity index (χ2n) is 9.78. The minimum Gasteiger partial charge on any atom is -0.192 e. The predicted octanol–water partition coefficient (Wildman–Crippen LogP) is 9.41. The molecule has 3 rings (SSSR count). The lowest BCUT2D eigenvalue weighted by Gasteiger charge is -2.17. The van der Waals surface area contributed by atoms with Gasteiger partial charge in [-0.05, 0) is 69.2 Å². The molecule has 0 aliphatic heterocycles. The van der Waals surface area contributed by atoms with E-state index in [-0.39, 0.29) is 0 Å². The first-order valence-electron chi connectivity index (χ1n) is 11.9. The summed E-state index contributed by atoms with van der Waals surface area (Å²) in [6.45, 7) is 18.0. The van der Waals surface area contributed by atoms with Gasteiger partial charge >= 0.3 is 0 Å². The quantitative estimate of drug-likeness (QED) is 0.399. The Morgan fingerprint density at radius 2 is 0.906 bits per heavy atom. The van der Waals surface area contributed by atoms with Crippen molar-refractivity contribution in [1.29, 1.82) is 5.26 Å². The van der Waals surface area contributed by atoms with Crippen molar-refractivity contribution in [2.75, 3.05) is 0 Å². The van der Waals surface area contributed by atoms with E-state index in [9.17, 15) is 0 Å². The molecule has 0 aliphatic carbocycles. The zero-order chi connectivity index (χ0) is 23.8. The third kappa shape index (κ3) is 6.57. The number of benzene rings is 3. The molecule has 168 valence electrons. The van der Waals surface area contributed by atoms with Crippen LogP contribution in [0.25, 0.3) is 11.1 Å². The van der Waals surface area contributed by atoms with Crippen LogP contribution < -0.4 is 0 Å². The van der Waals surface area contributed by atoms with E-state index in [2.05, 4.69) is 104 Å². The van der Waals surface area contributed by atoms with Crippen molar-refractivity contribution in [2.24, 2.45) is 0 Å². The normalized spacial score (nSPS) is 11.0. The topological polar surface area (TPSA) is 23.8 Å². The van der Waals surface area contributed by atoms with E-state index in [1.807, 2.05) is 24.3 Å². The molecule has 3 aromatic carbocycles. The van der Waals surface area contributed by atoms with E-state index in [1.165, 1.54) is 33.4 Å². The highest BCUT2D eigenvalue weighted by Gasteiger charge is 2.11.